The third-order valence-corrected chi connectivity index (χ3v) is 6.08. The lowest BCUT2D eigenvalue weighted by atomic mass is 9.96. The van der Waals surface area contributed by atoms with Crippen molar-refractivity contribution < 1.29 is 40.9 Å². The highest BCUT2D eigenvalue weighted by atomic mass is 16.3. The lowest BCUT2D eigenvalue weighted by Gasteiger charge is -2.12. The molecular weight excluding hydrogens is 464 g/mol. The average molecular weight is 491 g/mol. The van der Waals surface area contributed by atoms with Crippen molar-refractivity contribution in [2.45, 2.75) is 25.7 Å². The molecule has 8 heteroatoms. The van der Waals surface area contributed by atoms with Crippen molar-refractivity contribution in [2.24, 2.45) is 0 Å². The molecule has 0 saturated carbocycles. The SMILES string of the molecule is Oc1cc(CCc2cc(O)c(O)c(O)c2)ccc1-c1ccc(CCc2cc(O)c(O)c(O)c2)cc1O. The van der Waals surface area contributed by atoms with E-state index in [2.05, 4.69) is 0 Å². The minimum absolute atomic E-state index is 0.0120. The number of hydrogen-bond acceptors (Lipinski definition) is 8. The van der Waals surface area contributed by atoms with Crippen LogP contribution in [0.3, 0.4) is 0 Å². The Balaban J connectivity index is 1.45. The van der Waals surface area contributed by atoms with Crippen molar-refractivity contribution >= 4 is 0 Å². The number of rotatable bonds is 7. The second-order valence-corrected chi connectivity index (χ2v) is 8.67. The van der Waals surface area contributed by atoms with E-state index in [0.29, 0.717) is 47.9 Å². The normalized spacial score (nSPS) is 11.0. The van der Waals surface area contributed by atoms with Gasteiger partial charge >= 0.3 is 0 Å². The van der Waals surface area contributed by atoms with Gasteiger partial charge in [-0.15, -0.1) is 0 Å². The van der Waals surface area contributed by atoms with Crippen molar-refractivity contribution in [3.63, 3.8) is 0 Å². The number of aryl methyl sites for hydroxylation is 4. The molecule has 0 aromatic heterocycles. The quantitative estimate of drug-likeness (QED) is 0.175. The van der Waals surface area contributed by atoms with Crippen LogP contribution in [0.4, 0.5) is 0 Å². The fourth-order valence-corrected chi connectivity index (χ4v) is 4.11. The summed E-state index contributed by atoms with van der Waals surface area (Å²) in [6.07, 6.45) is 1.92. The first-order valence-electron chi connectivity index (χ1n) is 11.2. The van der Waals surface area contributed by atoms with Crippen LogP contribution in [0.1, 0.15) is 22.3 Å². The molecule has 0 amide bonds. The summed E-state index contributed by atoms with van der Waals surface area (Å²) in [4.78, 5) is 0. The van der Waals surface area contributed by atoms with E-state index in [1.807, 2.05) is 12.1 Å². The van der Waals surface area contributed by atoms with Crippen LogP contribution in [0.5, 0.6) is 46.0 Å². The lowest BCUT2D eigenvalue weighted by Crippen LogP contribution is -1.94. The predicted molar refractivity (Wildman–Crippen MR) is 133 cm³/mol. The summed E-state index contributed by atoms with van der Waals surface area (Å²) >= 11 is 0. The van der Waals surface area contributed by atoms with Crippen LogP contribution in [-0.4, -0.2) is 40.9 Å². The van der Waals surface area contributed by atoms with Gasteiger partial charge in [0, 0.05) is 11.1 Å². The molecule has 4 rings (SSSR count). The maximum atomic E-state index is 10.6. The van der Waals surface area contributed by atoms with Crippen molar-refractivity contribution in [3.05, 3.63) is 82.9 Å². The van der Waals surface area contributed by atoms with E-state index >= 15 is 0 Å². The van der Waals surface area contributed by atoms with Crippen LogP contribution < -0.4 is 0 Å². The van der Waals surface area contributed by atoms with Crippen molar-refractivity contribution in [2.75, 3.05) is 0 Å². The Bertz CT molecular complexity index is 1270. The van der Waals surface area contributed by atoms with Gasteiger partial charge in [0.1, 0.15) is 11.5 Å². The summed E-state index contributed by atoms with van der Waals surface area (Å²) in [5.41, 5.74) is 3.77. The Morgan fingerprint density at radius 1 is 0.333 bits per heavy atom. The fraction of sp³-hybridized carbons (Fsp3) is 0.143. The Kier molecular flexibility index (Phi) is 6.69. The average Bonchev–Trinajstić information content (AvgIpc) is 2.83. The van der Waals surface area contributed by atoms with Crippen molar-refractivity contribution in [3.8, 4) is 57.1 Å². The Morgan fingerprint density at radius 3 is 0.917 bits per heavy atom. The highest BCUT2D eigenvalue weighted by Gasteiger charge is 2.13. The van der Waals surface area contributed by atoms with Crippen LogP contribution in [0, 0.1) is 0 Å². The first-order chi connectivity index (χ1) is 17.1. The largest absolute Gasteiger partial charge is 0.507 e. The third kappa shape index (κ3) is 5.17. The van der Waals surface area contributed by atoms with E-state index in [-0.39, 0.29) is 11.5 Å². The molecule has 0 saturated heterocycles. The van der Waals surface area contributed by atoms with Gasteiger partial charge in [0.2, 0.25) is 0 Å². The monoisotopic (exact) mass is 490 g/mol. The maximum Gasteiger partial charge on any atom is 0.200 e. The maximum absolute atomic E-state index is 10.6. The van der Waals surface area contributed by atoms with Crippen LogP contribution in [-0.2, 0) is 25.7 Å². The van der Waals surface area contributed by atoms with Crippen LogP contribution in [0.25, 0.3) is 11.1 Å². The van der Waals surface area contributed by atoms with Gasteiger partial charge in [0.05, 0.1) is 0 Å². The first-order valence-corrected chi connectivity index (χ1v) is 11.2. The van der Waals surface area contributed by atoms with Gasteiger partial charge in [-0.05, 0) is 84.3 Å². The molecule has 0 heterocycles. The van der Waals surface area contributed by atoms with Gasteiger partial charge in [-0.3, -0.25) is 0 Å². The zero-order valence-electron chi connectivity index (χ0n) is 19.2. The Morgan fingerprint density at radius 2 is 0.611 bits per heavy atom. The van der Waals surface area contributed by atoms with E-state index in [4.69, 9.17) is 0 Å². The topological polar surface area (TPSA) is 162 Å². The van der Waals surface area contributed by atoms with Gasteiger partial charge < -0.3 is 40.9 Å². The molecule has 4 aromatic carbocycles. The molecule has 186 valence electrons. The molecular formula is C28H26O8. The molecule has 36 heavy (non-hydrogen) atoms. The highest BCUT2D eigenvalue weighted by Crippen LogP contribution is 2.39. The van der Waals surface area contributed by atoms with Crippen LogP contribution in [0.15, 0.2) is 60.7 Å². The predicted octanol–water partition coefficient (Wildman–Crippen LogP) is 4.57. The summed E-state index contributed by atoms with van der Waals surface area (Å²) in [7, 11) is 0. The smallest absolute Gasteiger partial charge is 0.200 e. The third-order valence-electron chi connectivity index (χ3n) is 6.08. The zero-order chi connectivity index (χ0) is 26.0. The molecule has 0 aliphatic heterocycles. The van der Waals surface area contributed by atoms with Crippen LogP contribution >= 0.6 is 0 Å². The van der Waals surface area contributed by atoms with Gasteiger partial charge in [-0.25, -0.2) is 0 Å². The van der Waals surface area contributed by atoms with Gasteiger partial charge in [-0.2, -0.15) is 0 Å². The highest BCUT2D eigenvalue weighted by molar-refractivity contribution is 5.76. The summed E-state index contributed by atoms with van der Waals surface area (Å²) in [5, 5.41) is 78.7. The van der Waals surface area contributed by atoms with E-state index in [0.717, 1.165) is 11.1 Å². The Labute approximate surface area is 206 Å². The second kappa shape index (κ2) is 9.87. The molecule has 0 aliphatic carbocycles. The van der Waals surface area contributed by atoms with Crippen molar-refractivity contribution in [1.82, 2.24) is 0 Å². The number of aromatic hydroxyl groups is 8. The lowest BCUT2D eigenvalue weighted by molar-refractivity contribution is 0.367. The minimum atomic E-state index is -0.564. The van der Waals surface area contributed by atoms with Crippen molar-refractivity contribution in [1.29, 1.82) is 0 Å². The number of benzene rings is 4. The molecule has 4 aromatic rings. The fourth-order valence-electron chi connectivity index (χ4n) is 4.11. The van der Waals surface area contributed by atoms with Gasteiger partial charge in [0.15, 0.2) is 34.5 Å². The number of phenolic OH excluding ortho intramolecular Hbond substituents is 8. The molecule has 0 radical (unpaired) electrons. The van der Waals surface area contributed by atoms with Crippen LogP contribution in [0.2, 0.25) is 0 Å². The molecule has 0 aliphatic rings. The molecule has 0 fully saturated rings. The van der Waals surface area contributed by atoms with E-state index in [1.165, 1.54) is 24.3 Å². The summed E-state index contributed by atoms with van der Waals surface area (Å²) < 4.78 is 0. The minimum Gasteiger partial charge on any atom is -0.507 e. The molecule has 0 spiro atoms. The van der Waals surface area contributed by atoms with E-state index in [1.54, 1.807) is 24.3 Å². The molecule has 0 unspecified atom stereocenters. The summed E-state index contributed by atoms with van der Waals surface area (Å²) in [6, 6.07) is 15.7. The molecule has 8 N–H and O–H groups in total. The van der Waals surface area contributed by atoms with E-state index in [9.17, 15) is 40.9 Å². The summed E-state index contributed by atoms with van der Waals surface area (Å²) in [5.74, 6) is -2.76. The second-order valence-electron chi connectivity index (χ2n) is 8.67. The zero-order valence-corrected chi connectivity index (χ0v) is 19.2. The van der Waals surface area contributed by atoms with Gasteiger partial charge in [0.25, 0.3) is 0 Å². The molecule has 0 atom stereocenters. The standard InChI is InChI=1S/C28H26O8/c29-21-9-15(1-3-17-11-23(31)27(35)24(32)12-17)5-7-19(21)20-8-6-16(10-22(20)30)2-4-18-13-25(33)28(36)26(34)14-18/h5-14,29-36H,1-4H2. The summed E-state index contributed by atoms with van der Waals surface area (Å²) in [6.45, 7) is 0. The van der Waals surface area contributed by atoms with E-state index < -0.39 is 34.5 Å². The number of hydrogen-bond donors (Lipinski definition) is 8. The Hall–Kier alpha value is -4.72. The molecule has 8 nitrogen and oxygen atoms in total. The first kappa shape index (κ1) is 24.4. The number of phenols is 8. The van der Waals surface area contributed by atoms with Gasteiger partial charge in [-0.1, -0.05) is 24.3 Å². The molecule has 0 bridgehead atoms.